The Hall–Kier alpha value is -0.930. The third-order valence-electron chi connectivity index (χ3n) is 2.91. The molecule has 1 N–H and O–H groups in total. The van der Waals surface area contributed by atoms with Crippen molar-refractivity contribution >= 4 is 0 Å². The number of nitrogens with zero attached hydrogens (tertiary/aromatic N) is 2. The van der Waals surface area contributed by atoms with E-state index >= 15 is 0 Å². The molecule has 0 aromatic carbocycles. The van der Waals surface area contributed by atoms with E-state index in [9.17, 15) is 0 Å². The summed E-state index contributed by atoms with van der Waals surface area (Å²) in [6.45, 7) is 5.24. The molecule has 96 valence electrons. The Bertz CT molecular complexity index is 312. The van der Waals surface area contributed by atoms with Crippen molar-refractivity contribution in [2.24, 2.45) is 0 Å². The van der Waals surface area contributed by atoms with Crippen molar-refractivity contribution in [3.05, 3.63) is 29.6 Å². The molecule has 0 saturated carbocycles. The van der Waals surface area contributed by atoms with Gasteiger partial charge in [0.05, 0.1) is 5.69 Å². The second-order valence-corrected chi connectivity index (χ2v) is 4.58. The zero-order valence-corrected chi connectivity index (χ0v) is 11.4. The maximum atomic E-state index is 4.48. The van der Waals surface area contributed by atoms with Gasteiger partial charge in [0.25, 0.3) is 0 Å². The highest BCUT2D eigenvalue weighted by Crippen LogP contribution is 2.08. The minimum Gasteiger partial charge on any atom is -0.316 e. The Morgan fingerprint density at radius 3 is 2.88 bits per heavy atom. The van der Waals surface area contributed by atoms with Gasteiger partial charge in [-0.1, -0.05) is 25.8 Å². The van der Waals surface area contributed by atoms with Crippen molar-refractivity contribution in [3.8, 4) is 0 Å². The van der Waals surface area contributed by atoms with E-state index in [1.54, 1.807) is 0 Å². The molecule has 1 aromatic heterocycles. The van der Waals surface area contributed by atoms with Crippen molar-refractivity contribution in [2.45, 2.75) is 39.3 Å². The minimum atomic E-state index is 0.895. The third-order valence-corrected chi connectivity index (χ3v) is 2.91. The Balaban J connectivity index is 2.48. The molecule has 1 aromatic rings. The number of hydrogen-bond acceptors (Lipinski definition) is 3. The number of unbranched alkanes of at least 4 members (excludes halogenated alkanes) is 2. The van der Waals surface area contributed by atoms with Gasteiger partial charge >= 0.3 is 0 Å². The molecular formula is C14H25N3. The van der Waals surface area contributed by atoms with E-state index in [0.717, 1.165) is 19.6 Å². The average Bonchev–Trinajstić information content (AvgIpc) is 2.32. The van der Waals surface area contributed by atoms with Crippen LogP contribution >= 0.6 is 0 Å². The lowest BCUT2D eigenvalue weighted by Gasteiger charge is -2.17. The second-order valence-electron chi connectivity index (χ2n) is 4.58. The minimum absolute atomic E-state index is 0.895. The third kappa shape index (κ3) is 5.29. The number of hydrogen-bond donors (Lipinski definition) is 1. The van der Waals surface area contributed by atoms with Crippen LogP contribution in [0.1, 0.15) is 37.4 Å². The van der Waals surface area contributed by atoms with E-state index in [1.807, 2.05) is 19.3 Å². The molecular weight excluding hydrogens is 210 g/mol. The monoisotopic (exact) mass is 235 g/mol. The molecule has 0 radical (unpaired) electrons. The topological polar surface area (TPSA) is 28.2 Å². The van der Waals surface area contributed by atoms with Gasteiger partial charge in [-0.3, -0.25) is 4.98 Å². The van der Waals surface area contributed by atoms with Gasteiger partial charge in [0, 0.05) is 19.3 Å². The smallest absolute Gasteiger partial charge is 0.0588 e. The first-order valence-corrected chi connectivity index (χ1v) is 6.53. The zero-order chi connectivity index (χ0) is 12.5. The van der Waals surface area contributed by atoms with Crippen LogP contribution in [0, 0.1) is 0 Å². The van der Waals surface area contributed by atoms with Gasteiger partial charge in [-0.05, 0) is 38.7 Å². The summed E-state index contributed by atoms with van der Waals surface area (Å²) in [5, 5.41) is 3.19. The Morgan fingerprint density at radius 1 is 1.35 bits per heavy atom. The van der Waals surface area contributed by atoms with E-state index in [2.05, 4.69) is 35.2 Å². The Labute approximate surface area is 105 Å². The van der Waals surface area contributed by atoms with Crippen LogP contribution in [0.4, 0.5) is 0 Å². The normalized spacial score (nSPS) is 11.1. The van der Waals surface area contributed by atoms with Crippen LogP contribution in [0.15, 0.2) is 18.3 Å². The molecule has 0 aliphatic heterocycles. The van der Waals surface area contributed by atoms with Crippen molar-refractivity contribution in [3.63, 3.8) is 0 Å². The standard InChI is InChI=1S/C14H25N3/c1-4-5-6-10-17(3)12-14-13(11-15-2)8-7-9-16-14/h7-9,15H,4-6,10-12H2,1-3H3. The van der Waals surface area contributed by atoms with Crippen LogP contribution in [0.3, 0.4) is 0 Å². The Morgan fingerprint density at radius 2 is 2.18 bits per heavy atom. The fourth-order valence-electron chi connectivity index (χ4n) is 1.93. The van der Waals surface area contributed by atoms with Crippen LogP contribution in [0.25, 0.3) is 0 Å². The summed E-state index contributed by atoms with van der Waals surface area (Å²) in [7, 11) is 4.15. The van der Waals surface area contributed by atoms with E-state index in [0.29, 0.717) is 0 Å². The van der Waals surface area contributed by atoms with Gasteiger partial charge in [0.1, 0.15) is 0 Å². The summed E-state index contributed by atoms with van der Waals surface area (Å²) in [5.41, 5.74) is 2.50. The molecule has 0 amide bonds. The molecule has 0 aliphatic rings. The largest absolute Gasteiger partial charge is 0.316 e. The van der Waals surface area contributed by atoms with Crippen LogP contribution in [0.5, 0.6) is 0 Å². The second kappa shape index (κ2) is 8.20. The number of nitrogens with one attached hydrogen (secondary N) is 1. The molecule has 0 bridgehead atoms. The molecule has 17 heavy (non-hydrogen) atoms. The highest BCUT2D eigenvalue weighted by atomic mass is 15.1. The predicted octanol–water partition coefficient (Wildman–Crippen LogP) is 2.42. The maximum Gasteiger partial charge on any atom is 0.0588 e. The fourth-order valence-corrected chi connectivity index (χ4v) is 1.93. The first kappa shape index (κ1) is 14.1. The van der Waals surface area contributed by atoms with Crippen LogP contribution < -0.4 is 5.32 Å². The quantitative estimate of drug-likeness (QED) is 0.701. The van der Waals surface area contributed by atoms with E-state index in [4.69, 9.17) is 0 Å². The molecule has 1 rings (SSSR count). The molecule has 3 nitrogen and oxygen atoms in total. The summed E-state index contributed by atoms with van der Waals surface area (Å²) >= 11 is 0. The number of pyridine rings is 1. The van der Waals surface area contributed by atoms with Crippen molar-refractivity contribution in [2.75, 3.05) is 20.6 Å². The summed E-state index contributed by atoms with van der Waals surface area (Å²) in [6, 6.07) is 4.16. The molecule has 0 spiro atoms. The summed E-state index contributed by atoms with van der Waals surface area (Å²) in [4.78, 5) is 6.84. The van der Waals surface area contributed by atoms with Gasteiger partial charge in [0.2, 0.25) is 0 Å². The number of aromatic nitrogens is 1. The van der Waals surface area contributed by atoms with Gasteiger partial charge in [-0.2, -0.15) is 0 Å². The summed E-state index contributed by atoms with van der Waals surface area (Å²) in [5.74, 6) is 0. The van der Waals surface area contributed by atoms with Crippen molar-refractivity contribution < 1.29 is 0 Å². The molecule has 0 unspecified atom stereocenters. The molecule has 0 aliphatic carbocycles. The SMILES string of the molecule is CCCCCN(C)Cc1ncccc1CNC. The lowest BCUT2D eigenvalue weighted by Crippen LogP contribution is -2.21. The van der Waals surface area contributed by atoms with Gasteiger partial charge in [0.15, 0.2) is 0 Å². The van der Waals surface area contributed by atoms with Crippen molar-refractivity contribution in [1.82, 2.24) is 15.2 Å². The average molecular weight is 235 g/mol. The molecule has 0 atom stereocenters. The molecule has 1 heterocycles. The van der Waals surface area contributed by atoms with Gasteiger partial charge in [-0.15, -0.1) is 0 Å². The predicted molar refractivity (Wildman–Crippen MR) is 72.9 cm³/mol. The zero-order valence-electron chi connectivity index (χ0n) is 11.4. The highest BCUT2D eigenvalue weighted by molar-refractivity contribution is 5.19. The molecule has 0 fully saturated rings. The maximum absolute atomic E-state index is 4.48. The van der Waals surface area contributed by atoms with E-state index in [1.165, 1.54) is 30.5 Å². The lowest BCUT2D eigenvalue weighted by atomic mass is 10.1. The Kier molecular flexibility index (Phi) is 6.82. The lowest BCUT2D eigenvalue weighted by molar-refractivity contribution is 0.313. The van der Waals surface area contributed by atoms with Crippen LogP contribution in [0.2, 0.25) is 0 Å². The van der Waals surface area contributed by atoms with Crippen molar-refractivity contribution in [1.29, 1.82) is 0 Å². The summed E-state index contributed by atoms with van der Waals surface area (Å²) in [6.07, 6.45) is 5.76. The van der Waals surface area contributed by atoms with Crippen LogP contribution in [-0.2, 0) is 13.1 Å². The first-order valence-electron chi connectivity index (χ1n) is 6.53. The highest BCUT2D eigenvalue weighted by Gasteiger charge is 2.05. The summed E-state index contributed by atoms with van der Waals surface area (Å²) < 4.78 is 0. The van der Waals surface area contributed by atoms with E-state index in [-0.39, 0.29) is 0 Å². The van der Waals surface area contributed by atoms with Gasteiger partial charge < -0.3 is 10.2 Å². The van der Waals surface area contributed by atoms with Crippen LogP contribution in [-0.4, -0.2) is 30.5 Å². The van der Waals surface area contributed by atoms with Gasteiger partial charge in [-0.25, -0.2) is 0 Å². The molecule has 3 heteroatoms. The molecule has 0 saturated heterocycles. The van der Waals surface area contributed by atoms with E-state index < -0.39 is 0 Å². The first-order chi connectivity index (χ1) is 8.27. The number of rotatable bonds is 8. The fraction of sp³-hybridized carbons (Fsp3) is 0.643.